The normalized spacial score (nSPS) is 25.0. The van der Waals surface area contributed by atoms with Crippen LogP contribution in [0.3, 0.4) is 0 Å². The van der Waals surface area contributed by atoms with Gasteiger partial charge in [0.05, 0.1) is 6.67 Å². The third-order valence-electron chi connectivity index (χ3n) is 4.50. The fraction of sp³-hybridized carbons (Fsp3) is 0.438. The summed E-state index contributed by atoms with van der Waals surface area (Å²) in [7, 11) is 0. The van der Waals surface area contributed by atoms with Crippen LogP contribution in [-0.2, 0) is 11.2 Å². The van der Waals surface area contributed by atoms with Crippen LogP contribution < -0.4 is 0 Å². The third-order valence-corrected chi connectivity index (χ3v) is 4.91. The summed E-state index contributed by atoms with van der Waals surface area (Å²) in [5, 5.41) is 0.716. The molecule has 0 N–H and O–H groups in total. The molecule has 0 aromatic heterocycles. The van der Waals surface area contributed by atoms with Gasteiger partial charge in [-0.1, -0.05) is 17.7 Å². The first-order valence-corrected chi connectivity index (χ1v) is 7.04. The predicted molar refractivity (Wildman–Crippen MR) is 75.1 cm³/mol. The number of carbonyl (C=O) groups is 1. The molecule has 0 radical (unpaired) electrons. The van der Waals surface area contributed by atoms with Gasteiger partial charge in [-0.25, -0.2) is 0 Å². The summed E-state index contributed by atoms with van der Waals surface area (Å²) in [5.74, 6) is 0.147. The molecular formula is C16H16ClFO. The Kier molecular flexibility index (Phi) is 3.01. The van der Waals surface area contributed by atoms with Crippen molar-refractivity contribution in [2.45, 2.75) is 32.6 Å². The highest BCUT2D eigenvalue weighted by molar-refractivity contribution is 6.31. The number of allylic oxidation sites excluding steroid dienone is 2. The van der Waals surface area contributed by atoms with E-state index >= 15 is 0 Å². The second-order valence-electron chi connectivity index (χ2n) is 5.68. The Bertz CT molecular complexity index is 591. The molecule has 0 amide bonds. The molecule has 0 saturated heterocycles. The van der Waals surface area contributed by atoms with E-state index in [9.17, 15) is 9.18 Å². The third kappa shape index (κ3) is 1.93. The Hall–Kier alpha value is -1.15. The highest BCUT2D eigenvalue weighted by atomic mass is 35.5. The van der Waals surface area contributed by atoms with E-state index in [1.165, 1.54) is 5.56 Å². The summed E-state index contributed by atoms with van der Waals surface area (Å²) in [5.41, 5.74) is 4.13. The first-order valence-electron chi connectivity index (χ1n) is 6.66. The Morgan fingerprint density at radius 2 is 2.21 bits per heavy atom. The molecule has 1 unspecified atom stereocenters. The number of rotatable bonds is 2. The zero-order chi connectivity index (χ0) is 13.6. The molecule has 100 valence electrons. The van der Waals surface area contributed by atoms with Crippen molar-refractivity contribution in [1.29, 1.82) is 0 Å². The van der Waals surface area contributed by atoms with Crippen molar-refractivity contribution in [3.63, 3.8) is 0 Å². The van der Waals surface area contributed by atoms with Gasteiger partial charge >= 0.3 is 0 Å². The lowest BCUT2D eigenvalue weighted by molar-refractivity contribution is -0.115. The fourth-order valence-electron chi connectivity index (χ4n) is 3.46. The highest BCUT2D eigenvalue weighted by Crippen LogP contribution is 2.54. The van der Waals surface area contributed by atoms with Gasteiger partial charge in [-0.3, -0.25) is 9.18 Å². The number of carbonyl (C=O) groups excluding carboxylic acids is 1. The van der Waals surface area contributed by atoms with Crippen LogP contribution in [0.5, 0.6) is 0 Å². The zero-order valence-corrected chi connectivity index (χ0v) is 11.7. The lowest BCUT2D eigenvalue weighted by Crippen LogP contribution is -2.26. The van der Waals surface area contributed by atoms with Crippen molar-refractivity contribution in [1.82, 2.24) is 0 Å². The molecule has 3 rings (SSSR count). The molecule has 19 heavy (non-hydrogen) atoms. The number of ketones is 1. The van der Waals surface area contributed by atoms with Gasteiger partial charge in [-0.15, -0.1) is 0 Å². The number of benzene rings is 1. The highest BCUT2D eigenvalue weighted by Gasteiger charge is 2.44. The molecule has 0 spiro atoms. The molecule has 0 aliphatic heterocycles. The van der Waals surface area contributed by atoms with Crippen molar-refractivity contribution < 1.29 is 9.18 Å². The number of hydrogen-bond donors (Lipinski definition) is 0. The Labute approximate surface area is 117 Å². The van der Waals surface area contributed by atoms with E-state index in [2.05, 4.69) is 6.07 Å². The van der Waals surface area contributed by atoms with Gasteiger partial charge in [0, 0.05) is 16.9 Å². The van der Waals surface area contributed by atoms with Crippen LogP contribution in [0.25, 0.3) is 5.57 Å². The molecule has 3 heteroatoms. The van der Waals surface area contributed by atoms with E-state index in [4.69, 9.17) is 11.6 Å². The summed E-state index contributed by atoms with van der Waals surface area (Å²) in [6.45, 7) is 1.64. The van der Waals surface area contributed by atoms with Crippen LogP contribution in [0, 0.1) is 12.3 Å². The standard InChI is InChI=1S/C16H16ClFO/c1-10-6-11-9-16(4-5-18)3-2-12(19)7-14(16)13(11)8-15(10)17/h6-8H,2-5,9H2,1H3. The monoisotopic (exact) mass is 278 g/mol. The number of alkyl halides is 1. The molecule has 2 aliphatic rings. The molecule has 1 nitrogen and oxygen atoms in total. The van der Waals surface area contributed by atoms with E-state index in [0.717, 1.165) is 29.5 Å². The largest absolute Gasteiger partial charge is 0.295 e. The van der Waals surface area contributed by atoms with Gasteiger partial charge in [-0.2, -0.15) is 0 Å². The second kappa shape index (κ2) is 4.45. The van der Waals surface area contributed by atoms with E-state index < -0.39 is 0 Å². The average Bonchev–Trinajstić information content (AvgIpc) is 2.65. The van der Waals surface area contributed by atoms with E-state index in [1.807, 2.05) is 13.0 Å². The van der Waals surface area contributed by atoms with Crippen molar-refractivity contribution in [2.75, 3.05) is 6.67 Å². The number of fused-ring (bicyclic) bond motifs is 3. The quantitative estimate of drug-likeness (QED) is 0.788. The topological polar surface area (TPSA) is 17.1 Å². The molecule has 2 aliphatic carbocycles. The maximum atomic E-state index is 13.0. The van der Waals surface area contributed by atoms with Gasteiger partial charge in [0.2, 0.25) is 0 Å². The number of halogens is 2. The Morgan fingerprint density at radius 1 is 1.42 bits per heavy atom. The van der Waals surface area contributed by atoms with Crippen molar-refractivity contribution in [2.24, 2.45) is 5.41 Å². The van der Waals surface area contributed by atoms with Crippen LogP contribution in [0.2, 0.25) is 5.02 Å². The van der Waals surface area contributed by atoms with Crippen LogP contribution in [-0.4, -0.2) is 12.5 Å². The van der Waals surface area contributed by atoms with Crippen molar-refractivity contribution in [3.05, 3.63) is 39.9 Å². The van der Waals surface area contributed by atoms with E-state index in [0.29, 0.717) is 17.9 Å². The Balaban J connectivity index is 2.17. The molecule has 1 aromatic carbocycles. The SMILES string of the molecule is Cc1cc2c(cc1Cl)C1=CC(=O)CCC1(CCF)C2. The lowest BCUT2D eigenvalue weighted by Gasteiger charge is -2.32. The fourth-order valence-corrected chi connectivity index (χ4v) is 3.63. The number of hydrogen-bond acceptors (Lipinski definition) is 1. The van der Waals surface area contributed by atoms with Gasteiger partial charge < -0.3 is 0 Å². The second-order valence-corrected chi connectivity index (χ2v) is 6.09. The average molecular weight is 279 g/mol. The zero-order valence-electron chi connectivity index (χ0n) is 10.9. The first kappa shape index (κ1) is 12.9. The Morgan fingerprint density at radius 3 is 2.95 bits per heavy atom. The first-order chi connectivity index (χ1) is 9.05. The maximum absolute atomic E-state index is 13.0. The van der Waals surface area contributed by atoms with Crippen LogP contribution in [0.4, 0.5) is 4.39 Å². The molecular weight excluding hydrogens is 263 g/mol. The molecule has 0 saturated carbocycles. The summed E-state index contributed by atoms with van der Waals surface area (Å²) >= 11 is 6.20. The van der Waals surface area contributed by atoms with Crippen LogP contribution in [0.1, 0.15) is 36.0 Å². The minimum atomic E-state index is -0.341. The number of aryl methyl sites for hydroxylation is 1. The van der Waals surface area contributed by atoms with Crippen LogP contribution in [0.15, 0.2) is 18.2 Å². The summed E-state index contributed by atoms with van der Waals surface area (Å²) < 4.78 is 13.0. The minimum absolute atomic E-state index is 0.147. The van der Waals surface area contributed by atoms with Crippen LogP contribution >= 0.6 is 11.6 Å². The molecule has 1 atom stereocenters. The molecule has 0 fully saturated rings. The minimum Gasteiger partial charge on any atom is -0.295 e. The van der Waals surface area contributed by atoms with Gasteiger partial charge in [0.25, 0.3) is 0 Å². The van der Waals surface area contributed by atoms with Crippen molar-refractivity contribution in [3.8, 4) is 0 Å². The van der Waals surface area contributed by atoms with E-state index in [1.54, 1.807) is 6.08 Å². The molecule has 0 heterocycles. The lowest BCUT2D eigenvalue weighted by atomic mass is 9.71. The van der Waals surface area contributed by atoms with Crippen molar-refractivity contribution >= 4 is 23.0 Å². The molecule has 0 bridgehead atoms. The molecule has 1 aromatic rings. The van der Waals surface area contributed by atoms with Gasteiger partial charge in [-0.05, 0) is 60.6 Å². The smallest absolute Gasteiger partial charge is 0.156 e. The van der Waals surface area contributed by atoms with Gasteiger partial charge in [0.15, 0.2) is 5.78 Å². The summed E-state index contributed by atoms with van der Waals surface area (Å²) in [6, 6.07) is 4.03. The summed E-state index contributed by atoms with van der Waals surface area (Å²) in [4.78, 5) is 11.7. The van der Waals surface area contributed by atoms with Gasteiger partial charge in [0.1, 0.15) is 0 Å². The van der Waals surface area contributed by atoms with E-state index in [-0.39, 0.29) is 17.9 Å². The maximum Gasteiger partial charge on any atom is 0.156 e. The summed E-state index contributed by atoms with van der Waals surface area (Å²) in [6.07, 6.45) is 4.34. The predicted octanol–water partition coefficient (Wildman–Crippen LogP) is 4.30.